The predicted molar refractivity (Wildman–Crippen MR) is 98.6 cm³/mol. The van der Waals surface area contributed by atoms with Crippen LogP contribution in [-0.4, -0.2) is 51.9 Å². The summed E-state index contributed by atoms with van der Waals surface area (Å²) in [5, 5.41) is 4.09. The van der Waals surface area contributed by atoms with Gasteiger partial charge in [0.25, 0.3) is 10.2 Å². The van der Waals surface area contributed by atoms with Gasteiger partial charge in [0.1, 0.15) is 12.7 Å². The summed E-state index contributed by atoms with van der Waals surface area (Å²) in [7, 11) is -1.84. The summed E-state index contributed by atoms with van der Waals surface area (Å²) in [6, 6.07) is 7.43. The van der Waals surface area contributed by atoms with Gasteiger partial charge in [0.15, 0.2) is 0 Å². The third-order valence-corrected chi connectivity index (χ3v) is 6.30. The molecule has 1 aromatic heterocycles. The van der Waals surface area contributed by atoms with Crippen molar-refractivity contribution < 1.29 is 8.42 Å². The van der Waals surface area contributed by atoms with Gasteiger partial charge in [0, 0.05) is 26.2 Å². The molecule has 0 bridgehead atoms. The molecule has 0 aliphatic rings. The number of benzene rings is 1. The van der Waals surface area contributed by atoms with Crippen molar-refractivity contribution in [3.05, 3.63) is 42.5 Å². The Morgan fingerprint density at radius 2 is 1.72 bits per heavy atom. The van der Waals surface area contributed by atoms with E-state index in [4.69, 9.17) is 0 Å². The lowest BCUT2D eigenvalue weighted by molar-refractivity contribution is 0.327. The van der Waals surface area contributed by atoms with Crippen LogP contribution in [0.1, 0.15) is 45.2 Å². The Kier molecular flexibility index (Phi) is 6.69. The van der Waals surface area contributed by atoms with Crippen LogP contribution in [0.5, 0.6) is 0 Å². The third-order valence-electron chi connectivity index (χ3n) is 4.24. The van der Waals surface area contributed by atoms with Crippen molar-refractivity contribution in [2.45, 2.75) is 39.7 Å². The predicted octanol–water partition coefficient (Wildman–Crippen LogP) is 2.63. The molecule has 0 saturated carbocycles. The largest absolute Gasteiger partial charge is 0.282 e. The van der Waals surface area contributed by atoms with Gasteiger partial charge in [-0.25, -0.2) is 9.67 Å². The molecular weight excluding hydrogens is 338 g/mol. The highest BCUT2D eigenvalue weighted by Crippen LogP contribution is 2.24. The molecule has 2 aromatic rings. The summed E-state index contributed by atoms with van der Waals surface area (Å²) in [4.78, 5) is 3.93. The Balaban J connectivity index is 2.19. The summed E-state index contributed by atoms with van der Waals surface area (Å²) in [5.41, 5.74) is 1.82. The fraction of sp³-hybridized carbons (Fsp3) is 0.529. The first kappa shape index (κ1) is 19.6. The minimum absolute atomic E-state index is 0.258. The van der Waals surface area contributed by atoms with Crippen LogP contribution >= 0.6 is 0 Å². The van der Waals surface area contributed by atoms with E-state index in [1.165, 1.54) is 10.6 Å². The molecule has 8 heteroatoms. The van der Waals surface area contributed by atoms with E-state index in [0.29, 0.717) is 13.1 Å². The van der Waals surface area contributed by atoms with E-state index in [1.54, 1.807) is 22.4 Å². The third kappa shape index (κ3) is 4.45. The second-order valence-electron chi connectivity index (χ2n) is 6.03. The average molecular weight is 366 g/mol. The molecule has 0 N–H and O–H groups in total. The maximum Gasteiger partial charge on any atom is 0.282 e. The maximum absolute atomic E-state index is 12.9. The van der Waals surface area contributed by atoms with Gasteiger partial charge >= 0.3 is 0 Å². The second-order valence-corrected chi connectivity index (χ2v) is 8.02. The topological polar surface area (TPSA) is 71.3 Å². The SMILES string of the molecule is CCCN(CCC)S(=O)(=O)N(C)C(C)c1ccc(-n2cncn2)cc1. The molecule has 25 heavy (non-hydrogen) atoms. The molecule has 138 valence electrons. The molecule has 0 saturated heterocycles. The minimum atomic E-state index is -3.49. The van der Waals surface area contributed by atoms with Crippen LogP contribution in [0, 0.1) is 0 Å². The smallest absolute Gasteiger partial charge is 0.223 e. The average Bonchev–Trinajstić information content (AvgIpc) is 3.15. The van der Waals surface area contributed by atoms with Gasteiger partial charge in [0.05, 0.1) is 5.69 Å². The van der Waals surface area contributed by atoms with E-state index in [-0.39, 0.29) is 6.04 Å². The number of hydrogen-bond donors (Lipinski definition) is 0. The summed E-state index contributed by atoms with van der Waals surface area (Å²) in [6.45, 7) is 6.96. The normalized spacial score (nSPS) is 13.5. The first-order valence-electron chi connectivity index (χ1n) is 8.59. The van der Waals surface area contributed by atoms with E-state index in [1.807, 2.05) is 45.0 Å². The van der Waals surface area contributed by atoms with E-state index in [9.17, 15) is 8.42 Å². The van der Waals surface area contributed by atoms with Gasteiger partial charge in [-0.2, -0.15) is 22.1 Å². The Bertz CT molecular complexity index is 738. The van der Waals surface area contributed by atoms with Gasteiger partial charge in [-0.1, -0.05) is 26.0 Å². The molecule has 1 atom stereocenters. The molecule has 0 aliphatic heterocycles. The van der Waals surface area contributed by atoms with Crippen LogP contribution < -0.4 is 0 Å². The number of nitrogens with zero attached hydrogens (tertiary/aromatic N) is 5. The molecule has 1 heterocycles. The number of rotatable bonds is 9. The zero-order chi connectivity index (χ0) is 18.4. The second kappa shape index (κ2) is 8.55. The van der Waals surface area contributed by atoms with Crippen LogP contribution in [-0.2, 0) is 10.2 Å². The molecular formula is C17H27N5O2S. The standard InChI is InChI=1S/C17H27N5O2S/c1-5-11-21(12-6-2)25(23,24)20(4)15(3)16-7-9-17(10-8-16)22-14-18-13-19-22/h7-10,13-15H,5-6,11-12H2,1-4H3. The first-order valence-corrected chi connectivity index (χ1v) is 9.99. The molecule has 0 radical (unpaired) electrons. The van der Waals surface area contributed by atoms with Gasteiger partial charge in [-0.3, -0.25) is 0 Å². The van der Waals surface area contributed by atoms with Crippen LogP contribution in [0.3, 0.4) is 0 Å². The molecule has 0 amide bonds. The van der Waals surface area contributed by atoms with Crippen LogP contribution in [0.4, 0.5) is 0 Å². The van der Waals surface area contributed by atoms with Gasteiger partial charge in [-0.15, -0.1) is 0 Å². The van der Waals surface area contributed by atoms with E-state index < -0.39 is 10.2 Å². The minimum Gasteiger partial charge on any atom is -0.223 e. The first-order chi connectivity index (χ1) is 11.9. The van der Waals surface area contributed by atoms with Gasteiger partial charge in [0.2, 0.25) is 0 Å². The highest BCUT2D eigenvalue weighted by atomic mass is 32.2. The van der Waals surface area contributed by atoms with Crippen molar-refractivity contribution in [2.75, 3.05) is 20.1 Å². The van der Waals surface area contributed by atoms with Crippen molar-refractivity contribution in [1.82, 2.24) is 23.4 Å². The fourth-order valence-electron chi connectivity index (χ4n) is 2.68. The molecule has 0 fully saturated rings. The van der Waals surface area contributed by atoms with Crippen LogP contribution in [0.15, 0.2) is 36.9 Å². The number of hydrogen-bond acceptors (Lipinski definition) is 4. The maximum atomic E-state index is 12.9. The summed E-state index contributed by atoms with van der Waals surface area (Å²) in [5.74, 6) is 0. The summed E-state index contributed by atoms with van der Waals surface area (Å²) < 4.78 is 30.5. The van der Waals surface area contributed by atoms with Gasteiger partial charge in [-0.05, 0) is 37.5 Å². The molecule has 1 unspecified atom stereocenters. The van der Waals surface area contributed by atoms with Crippen molar-refractivity contribution in [1.29, 1.82) is 0 Å². The van der Waals surface area contributed by atoms with Crippen molar-refractivity contribution in [2.24, 2.45) is 0 Å². The summed E-state index contributed by atoms with van der Waals surface area (Å²) >= 11 is 0. The van der Waals surface area contributed by atoms with Gasteiger partial charge < -0.3 is 0 Å². The molecule has 0 aliphatic carbocycles. The molecule has 7 nitrogen and oxygen atoms in total. The monoisotopic (exact) mass is 365 g/mol. The van der Waals surface area contributed by atoms with Crippen molar-refractivity contribution >= 4 is 10.2 Å². The van der Waals surface area contributed by atoms with Crippen LogP contribution in [0.25, 0.3) is 5.69 Å². The lowest BCUT2D eigenvalue weighted by Crippen LogP contribution is -2.43. The quantitative estimate of drug-likeness (QED) is 0.685. The Morgan fingerprint density at radius 1 is 1.12 bits per heavy atom. The lowest BCUT2D eigenvalue weighted by atomic mass is 10.1. The van der Waals surface area contributed by atoms with E-state index in [0.717, 1.165) is 24.1 Å². The van der Waals surface area contributed by atoms with E-state index in [2.05, 4.69) is 10.1 Å². The Hall–Kier alpha value is -1.77. The fourth-order valence-corrected chi connectivity index (χ4v) is 4.39. The molecule has 0 spiro atoms. The molecule has 1 aromatic carbocycles. The zero-order valence-electron chi connectivity index (χ0n) is 15.3. The zero-order valence-corrected chi connectivity index (χ0v) is 16.1. The van der Waals surface area contributed by atoms with Crippen molar-refractivity contribution in [3.8, 4) is 5.69 Å². The van der Waals surface area contributed by atoms with E-state index >= 15 is 0 Å². The highest BCUT2D eigenvalue weighted by molar-refractivity contribution is 7.86. The van der Waals surface area contributed by atoms with Crippen molar-refractivity contribution in [3.63, 3.8) is 0 Å². The van der Waals surface area contributed by atoms with Crippen LogP contribution in [0.2, 0.25) is 0 Å². The Morgan fingerprint density at radius 3 is 2.20 bits per heavy atom. The highest BCUT2D eigenvalue weighted by Gasteiger charge is 2.29. The Labute approximate surface area is 150 Å². The lowest BCUT2D eigenvalue weighted by Gasteiger charge is -2.31. The number of aromatic nitrogens is 3. The summed E-state index contributed by atoms with van der Waals surface area (Å²) in [6.07, 6.45) is 4.71. The molecule has 2 rings (SSSR count).